The standard InChI is InChI=1S/C32H43N3O8S/c1-8-17(2)28(31(38)35-24(32(39)40)13-14-44-7)34-23-12-10-20-21(16-25(23)37)22(33-18(3)36)11-9-19-15-26(41-4)29(42-5)30(43-6)27(19)20/h10,12,15-17,22,24,28H,8-9,11,13-14H2,1-7H3,(H,33,36)(H,34,37)(H,35,38)(H,39,40)/t17-,22-,24-,28-/m0/s1. The summed E-state index contributed by atoms with van der Waals surface area (Å²) in [7, 11) is 4.59. The Morgan fingerprint density at radius 1 is 1.09 bits per heavy atom. The molecular weight excluding hydrogens is 586 g/mol. The molecule has 0 unspecified atom stereocenters. The molecule has 0 saturated carbocycles. The number of rotatable bonds is 14. The lowest BCUT2D eigenvalue weighted by Gasteiger charge is -2.26. The van der Waals surface area contributed by atoms with E-state index in [1.807, 2.05) is 26.2 Å². The van der Waals surface area contributed by atoms with E-state index in [9.17, 15) is 24.3 Å². The number of hydrogen-bond donors (Lipinski definition) is 4. The maximum absolute atomic E-state index is 13.8. The van der Waals surface area contributed by atoms with Crippen molar-refractivity contribution in [3.05, 3.63) is 45.6 Å². The first-order chi connectivity index (χ1) is 21.0. The van der Waals surface area contributed by atoms with Gasteiger partial charge >= 0.3 is 5.97 Å². The van der Waals surface area contributed by atoms with Gasteiger partial charge in [0, 0.05) is 12.5 Å². The van der Waals surface area contributed by atoms with Crippen molar-refractivity contribution in [3.8, 4) is 28.4 Å². The van der Waals surface area contributed by atoms with Crippen LogP contribution < -0.4 is 35.6 Å². The normalized spacial score (nSPS) is 15.8. The lowest BCUT2D eigenvalue weighted by atomic mass is 9.95. The van der Waals surface area contributed by atoms with Crippen LogP contribution in [-0.4, -0.2) is 68.3 Å². The van der Waals surface area contributed by atoms with Gasteiger partial charge < -0.3 is 35.3 Å². The van der Waals surface area contributed by atoms with E-state index in [1.165, 1.54) is 39.0 Å². The molecule has 1 aliphatic carbocycles. The Kier molecular flexibility index (Phi) is 12.3. The van der Waals surface area contributed by atoms with Gasteiger partial charge in [-0.1, -0.05) is 26.3 Å². The van der Waals surface area contributed by atoms with Crippen LogP contribution in [0.2, 0.25) is 0 Å². The van der Waals surface area contributed by atoms with E-state index in [-0.39, 0.29) is 29.4 Å². The lowest BCUT2D eigenvalue weighted by molar-refractivity contribution is -0.142. The van der Waals surface area contributed by atoms with Gasteiger partial charge in [0.05, 0.1) is 33.1 Å². The molecule has 11 nitrogen and oxygen atoms in total. The van der Waals surface area contributed by atoms with Crippen molar-refractivity contribution in [2.45, 2.75) is 64.6 Å². The van der Waals surface area contributed by atoms with Gasteiger partial charge in [-0.3, -0.25) is 14.4 Å². The minimum atomic E-state index is -1.11. The maximum Gasteiger partial charge on any atom is 0.326 e. The monoisotopic (exact) mass is 629 g/mol. The smallest absolute Gasteiger partial charge is 0.326 e. The van der Waals surface area contributed by atoms with Gasteiger partial charge in [0.25, 0.3) is 0 Å². The van der Waals surface area contributed by atoms with Crippen molar-refractivity contribution in [2.75, 3.05) is 38.7 Å². The van der Waals surface area contributed by atoms with E-state index in [1.54, 1.807) is 19.2 Å². The van der Waals surface area contributed by atoms with Gasteiger partial charge in [-0.05, 0) is 72.1 Å². The maximum atomic E-state index is 13.8. The van der Waals surface area contributed by atoms with Gasteiger partial charge in [-0.15, -0.1) is 0 Å². The number of nitrogens with one attached hydrogen (secondary N) is 3. The topological polar surface area (TPSA) is 152 Å². The van der Waals surface area contributed by atoms with Gasteiger partial charge in [-0.2, -0.15) is 11.8 Å². The summed E-state index contributed by atoms with van der Waals surface area (Å²) in [6.45, 7) is 5.21. The Hall–Kier alpha value is -3.93. The zero-order valence-electron chi connectivity index (χ0n) is 26.4. The number of aryl methyl sites for hydroxylation is 1. The lowest BCUT2D eigenvalue weighted by Crippen LogP contribution is -2.50. The first-order valence-corrected chi connectivity index (χ1v) is 16.0. The van der Waals surface area contributed by atoms with Crippen LogP contribution in [0.25, 0.3) is 11.1 Å². The SMILES string of the molecule is CC[C@H](C)[C@H](Nc1ccc2c(cc1=O)[C@@H](NC(C)=O)CCc1cc(OC)c(OC)c(OC)c1-2)C(=O)N[C@@H](CCSC)C(=O)O. The fourth-order valence-electron chi connectivity index (χ4n) is 5.45. The van der Waals surface area contributed by atoms with E-state index < -0.39 is 30.0 Å². The third-order valence-electron chi connectivity index (χ3n) is 7.95. The number of thioether (sulfide) groups is 1. The molecule has 0 aromatic heterocycles. The fraction of sp³-hybridized carbons (Fsp3) is 0.500. The number of anilines is 1. The van der Waals surface area contributed by atoms with E-state index in [0.717, 1.165) is 5.56 Å². The molecule has 2 amide bonds. The number of aliphatic carboxylic acids is 1. The third kappa shape index (κ3) is 7.77. The number of amides is 2. The second-order valence-electron chi connectivity index (χ2n) is 10.8. The highest BCUT2D eigenvalue weighted by molar-refractivity contribution is 7.98. The zero-order valence-corrected chi connectivity index (χ0v) is 27.2. The summed E-state index contributed by atoms with van der Waals surface area (Å²) in [5, 5.41) is 18.4. The molecule has 0 radical (unpaired) electrons. The number of ether oxygens (including phenoxy) is 3. The van der Waals surface area contributed by atoms with Crippen LogP contribution in [0.5, 0.6) is 17.2 Å². The van der Waals surface area contributed by atoms with Gasteiger partial charge in [-0.25, -0.2) is 4.79 Å². The van der Waals surface area contributed by atoms with E-state index in [2.05, 4.69) is 16.0 Å². The van der Waals surface area contributed by atoms with Crippen LogP contribution in [0.4, 0.5) is 5.69 Å². The summed E-state index contributed by atoms with van der Waals surface area (Å²) in [4.78, 5) is 51.3. The largest absolute Gasteiger partial charge is 0.493 e. The number of carboxylic acid groups (broad SMARTS) is 1. The Labute approximate surface area is 262 Å². The van der Waals surface area contributed by atoms with Crippen LogP contribution in [0, 0.1) is 5.92 Å². The predicted molar refractivity (Wildman–Crippen MR) is 172 cm³/mol. The number of methoxy groups -OCH3 is 3. The van der Waals surface area contributed by atoms with Gasteiger partial charge in [0.15, 0.2) is 11.5 Å². The van der Waals surface area contributed by atoms with Crippen molar-refractivity contribution in [1.82, 2.24) is 10.6 Å². The highest BCUT2D eigenvalue weighted by Crippen LogP contribution is 2.50. The predicted octanol–water partition coefficient (Wildman–Crippen LogP) is 4.01. The number of carbonyl (C=O) groups excluding carboxylic acids is 2. The second kappa shape index (κ2) is 15.7. The van der Waals surface area contributed by atoms with Crippen molar-refractivity contribution in [1.29, 1.82) is 0 Å². The van der Waals surface area contributed by atoms with Crippen molar-refractivity contribution in [3.63, 3.8) is 0 Å². The minimum Gasteiger partial charge on any atom is -0.493 e. The molecule has 0 bridgehead atoms. The Morgan fingerprint density at radius 3 is 2.36 bits per heavy atom. The van der Waals surface area contributed by atoms with Crippen LogP contribution in [0.3, 0.4) is 0 Å². The molecule has 4 N–H and O–H groups in total. The molecule has 240 valence electrons. The average molecular weight is 630 g/mol. The zero-order chi connectivity index (χ0) is 32.6. The Bertz CT molecular complexity index is 1430. The van der Waals surface area contributed by atoms with Crippen LogP contribution >= 0.6 is 11.8 Å². The fourth-order valence-corrected chi connectivity index (χ4v) is 5.92. The summed E-state index contributed by atoms with van der Waals surface area (Å²) in [6, 6.07) is 4.34. The summed E-state index contributed by atoms with van der Waals surface area (Å²) in [5.74, 6) is -0.185. The van der Waals surface area contributed by atoms with Crippen LogP contribution in [0.1, 0.15) is 57.2 Å². The molecule has 44 heavy (non-hydrogen) atoms. The number of carboxylic acids is 1. The number of fused-ring (bicyclic) bond motifs is 3. The van der Waals surface area contributed by atoms with Crippen molar-refractivity contribution in [2.24, 2.45) is 5.92 Å². The van der Waals surface area contributed by atoms with E-state index >= 15 is 0 Å². The molecular formula is C32H43N3O8S. The van der Waals surface area contributed by atoms with Crippen LogP contribution in [0.15, 0.2) is 29.1 Å². The second-order valence-corrected chi connectivity index (χ2v) is 11.8. The van der Waals surface area contributed by atoms with E-state index in [0.29, 0.717) is 59.0 Å². The van der Waals surface area contributed by atoms with E-state index in [4.69, 9.17) is 14.2 Å². The number of carbonyl (C=O) groups is 3. The first kappa shape index (κ1) is 34.6. The molecule has 1 aliphatic rings. The molecule has 0 aliphatic heterocycles. The molecule has 0 heterocycles. The van der Waals surface area contributed by atoms with Gasteiger partial charge in [0.1, 0.15) is 12.1 Å². The molecule has 4 atom stereocenters. The highest BCUT2D eigenvalue weighted by Gasteiger charge is 2.31. The molecule has 0 spiro atoms. The van der Waals surface area contributed by atoms with Crippen molar-refractivity contribution < 1.29 is 33.7 Å². The molecule has 0 fully saturated rings. The Morgan fingerprint density at radius 2 is 1.80 bits per heavy atom. The third-order valence-corrected chi connectivity index (χ3v) is 8.59. The minimum absolute atomic E-state index is 0.164. The number of benzene rings is 1. The first-order valence-electron chi connectivity index (χ1n) is 14.6. The summed E-state index contributed by atoms with van der Waals surface area (Å²) < 4.78 is 17.1. The molecule has 12 heteroatoms. The summed E-state index contributed by atoms with van der Waals surface area (Å²) in [5.41, 5.74) is 2.63. The quantitative estimate of drug-likeness (QED) is 0.241. The highest BCUT2D eigenvalue weighted by atomic mass is 32.2. The Balaban J connectivity index is 2.19. The summed E-state index contributed by atoms with van der Waals surface area (Å²) in [6.07, 6.45) is 3.82. The van der Waals surface area contributed by atoms with Gasteiger partial charge in [0.2, 0.25) is 23.0 Å². The van der Waals surface area contributed by atoms with Crippen molar-refractivity contribution >= 4 is 35.2 Å². The number of hydrogen-bond acceptors (Lipinski definition) is 9. The molecule has 3 rings (SSSR count). The molecule has 0 saturated heterocycles. The summed E-state index contributed by atoms with van der Waals surface area (Å²) >= 11 is 1.49. The molecule has 2 aromatic carbocycles. The molecule has 2 aromatic rings. The average Bonchev–Trinajstić information content (AvgIpc) is 3.24. The van der Waals surface area contributed by atoms with Crippen LogP contribution in [-0.2, 0) is 20.8 Å².